The van der Waals surface area contributed by atoms with Gasteiger partial charge in [0, 0.05) is 26.2 Å². The molecular formula is C10H20N2O3. The molecule has 3 N–H and O–H groups in total. The highest BCUT2D eigenvalue weighted by Crippen LogP contribution is 1.97. The summed E-state index contributed by atoms with van der Waals surface area (Å²) in [6, 6.07) is 0. The van der Waals surface area contributed by atoms with Crippen molar-refractivity contribution in [1.29, 1.82) is 0 Å². The molecule has 1 aliphatic heterocycles. The van der Waals surface area contributed by atoms with Crippen LogP contribution in [0.5, 0.6) is 0 Å². The van der Waals surface area contributed by atoms with E-state index in [1.165, 1.54) is 0 Å². The number of nitrogens with one attached hydrogen (secondary N) is 2. The number of carbonyl (C=O) groups excluding carboxylic acids is 1. The summed E-state index contributed by atoms with van der Waals surface area (Å²) in [4.78, 5) is 11.5. The second-order valence-corrected chi connectivity index (χ2v) is 3.64. The Morgan fingerprint density at radius 1 is 1.47 bits per heavy atom. The van der Waals surface area contributed by atoms with E-state index in [9.17, 15) is 4.79 Å². The predicted octanol–water partition coefficient (Wildman–Crippen LogP) is -0.746. The summed E-state index contributed by atoms with van der Waals surface area (Å²) in [5.74, 6) is -0.0359. The van der Waals surface area contributed by atoms with Crippen LogP contribution >= 0.6 is 0 Å². The maximum Gasteiger partial charge on any atom is 0.250 e. The van der Waals surface area contributed by atoms with Gasteiger partial charge in [0.15, 0.2) is 0 Å². The first-order valence-electron chi connectivity index (χ1n) is 5.55. The number of unbranched alkanes of at least 4 members (excludes halogenated alkanes) is 2. The lowest BCUT2D eigenvalue weighted by molar-refractivity contribution is -0.134. The number of hydrogen-bond acceptors (Lipinski definition) is 4. The van der Waals surface area contributed by atoms with Gasteiger partial charge in [0.2, 0.25) is 5.91 Å². The molecule has 0 spiro atoms. The third-order valence-corrected chi connectivity index (χ3v) is 2.35. The van der Waals surface area contributed by atoms with Crippen LogP contribution in [0.3, 0.4) is 0 Å². The topological polar surface area (TPSA) is 70.6 Å². The van der Waals surface area contributed by atoms with Crippen molar-refractivity contribution < 1.29 is 14.6 Å². The van der Waals surface area contributed by atoms with Crippen LogP contribution < -0.4 is 10.6 Å². The van der Waals surface area contributed by atoms with E-state index in [1.807, 2.05) is 0 Å². The molecule has 0 aromatic carbocycles. The molecule has 0 aromatic heterocycles. The number of rotatable bonds is 6. The Morgan fingerprint density at radius 3 is 3.00 bits per heavy atom. The molecule has 5 heteroatoms. The number of aliphatic hydroxyl groups excluding tert-OH is 1. The third-order valence-electron chi connectivity index (χ3n) is 2.35. The fourth-order valence-electron chi connectivity index (χ4n) is 1.47. The fourth-order valence-corrected chi connectivity index (χ4v) is 1.47. The Hall–Kier alpha value is -0.650. The predicted molar refractivity (Wildman–Crippen MR) is 56.6 cm³/mol. The van der Waals surface area contributed by atoms with E-state index in [-0.39, 0.29) is 18.6 Å². The van der Waals surface area contributed by atoms with Crippen molar-refractivity contribution in [2.24, 2.45) is 0 Å². The molecule has 1 amide bonds. The van der Waals surface area contributed by atoms with Crippen molar-refractivity contribution in [3.8, 4) is 0 Å². The van der Waals surface area contributed by atoms with E-state index in [0.29, 0.717) is 19.7 Å². The van der Waals surface area contributed by atoms with Crippen molar-refractivity contribution in [3.63, 3.8) is 0 Å². The van der Waals surface area contributed by atoms with E-state index in [4.69, 9.17) is 9.84 Å². The molecule has 1 fully saturated rings. The first-order valence-corrected chi connectivity index (χ1v) is 5.55. The number of hydrogen-bond donors (Lipinski definition) is 3. The van der Waals surface area contributed by atoms with Gasteiger partial charge in [-0.25, -0.2) is 0 Å². The van der Waals surface area contributed by atoms with E-state index >= 15 is 0 Å². The van der Waals surface area contributed by atoms with Gasteiger partial charge in [0.05, 0.1) is 6.61 Å². The number of ether oxygens (including phenoxy) is 1. The van der Waals surface area contributed by atoms with Crippen molar-refractivity contribution in [3.05, 3.63) is 0 Å². The standard InChI is InChI=1S/C10H20N2O3/c13-6-3-1-2-4-12-10(14)9-8-11-5-7-15-9/h9,11,13H,1-8H2,(H,12,14). The van der Waals surface area contributed by atoms with Crippen LogP contribution in [-0.2, 0) is 9.53 Å². The van der Waals surface area contributed by atoms with Gasteiger partial charge in [0.25, 0.3) is 0 Å². The first kappa shape index (κ1) is 12.4. The summed E-state index contributed by atoms with van der Waals surface area (Å²) in [7, 11) is 0. The Labute approximate surface area is 90.2 Å². The lowest BCUT2D eigenvalue weighted by Crippen LogP contribution is -2.48. The molecule has 0 aliphatic carbocycles. The van der Waals surface area contributed by atoms with Crippen LogP contribution in [0.25, 0.3) is 0 Å². The van der Waals surface area contributed by atoms with Crippen molar-refractivity contribution >= 4 is 5.91 Å². The zero-order chi connectivity index (χ0) is 10.9. The van der Waals surface area contributed by atoms with Crippen LogP contribution in [0.4, 0.5) is 0 Å². The SMILES string of the molecule is O=C(NCCCCCO)C1CNCCO1. The summed E-state index contributed by atoms with van der Waals surface area (Å²) in [6.45, 7) is 2.91. The van der Waals surface area contributed by atoms with Crippen LogP contribution in [0, 0.1) is 0 Å². The molecule has 0 aromatic rings. The molecule has 88 valence electrons. The molecule has 1 atom stereocenters. The average molecular weight is 216 g/mol. The van der Waals surface area contributed by atoms with Crippen LogP contribution in [0.2, 0.25) is 0 Å². The van der Waals surface area contributed by atoms with Crippen molar-refractivity contribution in [2.45, 2.75) is 25.4 Å². The van der Waals surface area contributed by atoms with Gasteiger partial charge in [0.1, 0.15) is 6.10 Å². The number of aliphatic hydroxyl groups is 1. The van der Waals surface area contributed by atoms with Gasteiger partial charge in [-0.05, 0) is 19.3 Å². The maximum absolute atomic E-state index is 11.5. The molecule has 1 saturated heterocycles. The zero-order valence-electron chi connectivity index (χ0n) is 9.00. The largest absolute Gasteiger partial charge is 0.396 e. The first-order chi connectivity index (χ1) is 7.34. The zero-order valence-corrected chi connectivity index (χ0v) is 9.00. The lowest BCUT2D eigenvalue weighted by Gasteiger charge is -2.22. The van der Waals surface area contributed by atoms with Gasteiger partial charge in [-0.1, -0.05) is 0 Å². The molecule has 1 heterocycles. The van der Waals surface area contributed by atoms with Gasteiger partial charge >= 0.3 is 0 Å². The second kappa shape index (κ2) is 7.62. The van der Waals surface area contributed by atoms with E-state index in [0.717, 1.165) is 25.8 Å². The fraction of sp³-hybridized carbons (Fsp3) is 0.900. The molecule has 1 aliphatic rings. The summed E-state index contributed by atoms with van der Waals surface area (Å²) in [6.07, 6.45) is 2.32. The van der Waals surface area contributed by atoms with Crippen molar-refractivity contribution in [2.75, 3.05) is 32.8 Å². The molecule has 0 saturated carbocycles. The molecule has 1 rings (SSSR count). The van der Waals surface area contributed by atoms with Crippen LogP contribution in [0.15, 0.2) is 0 Å². The molecule has 0 radical (unpaired) electrons. The van der Waals surface area contributed by atoms with Crippen LogP contribution in [-0.4, -0.2) is 50.0 Å². The monoisotopic (exact) mass is 216 g/mol. The Bertz CT molecular complexity index is 182. The number of amides is 1. The highest BCUT2D eigenvalue weighted by Gasteiger charge is 2.20. The summed E-state index contributed by atoms with van der Waals surface area (Å²) in [5.41, 5.74) is 0. The molecule has 1 unspecified atom stereocenters. The highest BCUT2D eigenvalue weighted by molar-refractivity contribution is 5.81. The van der Waals surface area contributed by atoms with Gasteiger partial charge in [-0.2, -0.15) is 0 Å². The summed E-state index contributed by atoms with van der Waals surface area (Å²) in [5, 5.41) is 14.5. The van der Waals surface area contributed by atoms with E-state index in [2.05, 4.69) is 10.6 Å². The smallest absolute Gasteiger partial charge is 0.250 e. The highest BCUT2D eigenvalue weighted by atomic mass is 16.5. The molecular weight excluding hydrogens is 196 g/mol. The van der Waals surface area contributed by atoms with E-state index in [1.54, 1.807) is 0 Å². The Kier molecular flexibility index (Phi) is 6.31. The minimum absolute atomic E-state index is 0.0359. The van der Waals surface area contributed by atoms with Gasteiger partial charge in [-0.3, -0.25) is 4.79 Å². The van der Waals surface area contributed by atoms with Crippen LogP contribution in [0.1, 0.15) is 19.3 Å². The second-order valence-electron chi connectivity index (χ2n) is 3.64. The Balaban J connectivity index is 2.02. The third kappa shape index (κ3) is 5.11. The summed E-state index contributed by atoms with van der Waals surface area (Å²) < 4.78 is 5.30. The molecule has 15 heavy (non-hydrogen) atoms. The maximum atomic E-state index is 11.5. The Morgan fingerprint density at radius 2 is 2.33 bits per heavy atom. The normalized spacial score (nSPS) is 21.3. The lowest BCUT2D eigenvalue weighted by atomic mass is 10.2. The van der Waals surface area contributed by atoms with Gasteiger partial charge in [-0.15, -0.1) is 0 Å². The number of morpholine rings is 1. The minimum atomic E-state index is -0.336. The average Bonchev–Trinajstić information content (AvgIpc) is 2.30. The molecule has 5 nitrogen and oxygen atoms in total. The number of carbonyl (C=O) groups is 1. The molecule has 0 bridgehead atoms. The summed E-state index contributed by atoms with van der Waals surface area (Å²) >= 11 is 0. The van der Waals surface area contributed by atoms with Crippen molar-refractivity contribution in [1.82, 2.24) is 10.6 Å². The van der Waals surface area contributed by atoms with Gasteiger partial charge < -0.3 is 20.5 Å². The minimum Gasteiger partial charge on any atom is -0.396 e. The van der Waals surface area contributed by atoms with E-state index < -0.39 is 0 Å². The quantitative estimate of drug-likeness (QED) is 0.511.